The highest BCUT2D eigenvalue weighted by Crippen LogP contribution is 2.30. The zero-order chi connectivity index (χ0) is 16.4. The number of piperazine rings is 1. The average molecular weight is 318 g/mol. The van der Waals surface area contributed by atoms with Gasteiger partial charge in [0.15, 0.2) is 11.6 Å². The number of ether oxygens (including phenoxy) is 1. The van der Waals surface area contributed by atoms with Gasteiger partial charge in [0.2, 0.25) is 5.89 Å². The lowest BCUT2D eigenvalue weighted by atomic mass is 10.2. The lowest BCUT2D eigenvalue weighted by Crippen LogP contribution is -2.47. The number of aryl methyl sites for hydroxylation is 1. The van der Waals surface area contributed by atoms with Crippen molar-refractivity contribution in [2.45, 2.75) is 32.9 Å². The van der Waals surface area contributed by atoms with Crippen molar-refractivity contribution in [1.82, 2.24) is 25.0 Å². The minimum Gasteiger partial charge on any atom is -0.472 e. The molecule has 0 amide bonds. The van der Waals surface area contributed by atoms with Gasteiger partial charge in [0, 0.05) is 32.0 Å². The summed E-state index contributed by atoms with van der Waals surface area (Å²) in [6, 6.07) is 0.0267. The summed E-state index contributed by atoms with van der Waals surface area (Å²) in [7, 11) is 2.06. The highest BCUT2D eigenvalue weighted by molar-refractivity contribution is 5.48. The molecule has 0 bridgehead atoms. The predicted octanol–water partition coefficient (Wildman–Crippen LogP) is 1.45. The summed E-state index contributed by atoms with van der Waals surface area (Å²) in [5.74, 6) is 2.60. The standard InChI is InChI=1S/C15H22N6O2/c1-10(2)22-15-13(16-5-6-17-15)21-8-7-20(4)12(9-21)14-18-11(3)19-23-14/h5-6,10,12H,7-9H2,1-4H3/t12-/m0/s1. The van der Waals surface area contributed by atoms with Crippen LogP contribution in [-0.2, 0) is 0 Å². The average Bonchev–Trinajstić information content (AvgIpc) is 2.94. The number of nitrogens with zero attached hydrogens (tertiary/aromatic N) is 6. The Labute approximate surface area is 135 Å². The second-order valence-electron chi connectivity index (χ2n) is 5.97. The van der Waals surface area contributed by atoms with Crippen LogP contribution in [0.2, 0.25) is 0 Å². The molecular weight excluding hydrogens is 296 g/mol. The molecular formula is C15H22N6O2. The molecule has 0 spiro atoms. The van der Waals surface area contributed by atoms with Crippen molar-refractivity contribution in [3.8, 4) is 5.88 Å². The minimum atomic E-state index is 0.0267. The molecule has 0 aromatic carbocycles. The van der Waals surface area contributed by atoms with Crippen molar-refractivity contribution < 1.29 is 9.26 Å². The van der Waals surface area contributed by atoms with Gasteiger partial charge < -0.3 is 14.2 Å². The van der Waals surface area contributed by atoms with Crippen molar-refractivity contribution in [2.24, 2.45) is 0 Å². The fourth-order valence-electron chi connectivity index (χ4n) is 2.62. The molecule has 124 valence electrons. The summed E-state index contributed by atoms with van der Waals surface area (Å²) < 4.78 is 11.1. The largest absolute Gasteiger partial charge is 0.472 e. The van der Waals surface area contributed by atoms with Gasteiger partial charge in [-0.2, -0.15) is 4.98 Å². The molecule has 1 aliphatic rings. The summed E-state index contributed by atoms with van der Waals surface area (Å²) in [6.45, 7) is 8.19. The van der Waals surface area contributed by atoms with E-state index in [1.807, 2.05) is 20.8 Å². The molecule has 3 rings (SSSR count). The van der Waals surface area contributed by atoms with Gasteiger partial charge in [-0.25, -0.2) is 9.97 Å². The fraction of sp³-hybridized carbons (Fsp3) is 0.600. The molecule has 0 aliphatic carbocycles. The van der Waals surface area contributed by atoms with Crippen molar-refractivity contribution in [1.29, 1.82) is 0 Å². The summed E-state index contributed by atoms with van der Waals surface area (Å²) in [6.07, 6.45) is 3.38. The Morgan fingerprint density at radius 2 is 2.04 bits per heavy atom. The summed E-state index contributed by atoms with van der Waals surface area (Å²) >= 11 is 0. The third-order valence-electron chi connectivity index (χ3n) is 3.77. The number of hydrogen-bond donors (Lipinski definition) is 0. The topological polar surface area (TPSA) is 80.4 Å². The molecule has 8 nitrogen and oxygen atoms in total. The van der Waals surface area contributed by atoms with E-state index in [0.29, 0.717) is 24.1 Å². The summed E-state index contributed by atoms with van der Waals surface area (Å²) in [5, 5.41) is 3.90. The molecule has 1 saturated heterocycles. The molecule has 2 aromatic rings. The van der Waals surface area contributed by atoms with Crippen molar-refractivity contribution in [3.05, 3.63) is 24.1 Å². The maximum atomic E-state index is 5.79. The van der Waals surface area contributed by atoms with Crippen LogP contribution in [0.15, 0.2) is 16.9 Å². The predicted molar refractivity (Wildman–Crippen MR) is 84.4 cm³/mol. The number of aromatic nitrogens is 4. The SMILES string of the molecule is Cc1noc([C@@H]2CN(c3nccnc3OC(C)C)CCN2C)n1. The maximum Gasteiger partial charge on any atom is 0.257 e. The van der Waals surface area contributed by atoms with Crippen LogP contribution in [0, 0.1) is 6.92 Å². The molecule has 0 saturated carbocycles. The van der Waals surface area contributed by atoms with E-state index in [2.05, 4.69) is 37.0 Å². The smallest absolute Gasteiger partial charge is 0.257 e. The van der Waals surface area contributed by atoms with Gasteiger partial charge in [0.05, 0.1) is 6.10 Å². The number of anilines is 1. The van der Waals surface area contributed by atoms with Gasteiger partial charge >= 0.3 is 0 Å². The van der Waals surface area contributed by atoms with Crippen LogP contribution in [0.5, 0.6) is 5.88 Å². The van der Waals surface area contributed by atoms with Crippen LogP contribution in [0.4, 0.5) is 5.82 Å². The Morgan fingerprint density at radius 3 is 2.74 bits per heavy atom. The lowest BCUT2D eigenvalue weighted by Gasteiger charge is -2.38. The van der Waals surface area contributed by atoms with Crippen molar-refractivity contribution >= 4 is 5.82 Å². The minimum absolute atomic E-state index is 0.0267. The Balaban J connectivity index is 1.84. The van der Waals surface area contributed by atoms with E-state index >= 15 is 0 Å². The Morgan fingerprint density at radius 1 is 1.26 bits per heavy atom. The number of hydrogen-bond acceptors (Lipinski definition) is 8. The van der Waals surface area contributed by atoms with Crippen LogP contribution >= 0.6 is 0 Å². The first-order chi connectivity index (χ1) is 11.0. The normalized spacial score (nSPS) is 19.3. The second-order valence-corrected chi connectivity index (χ2v) is 5.97. The van der Waals surface area contributed by atoms with Crippen LogP contribution in [-0.4, -0.2) is 57.8 Å². The van der Waals surface area contributed by atoms with Gasteiger partial charge in [-0.05, 0) is 27.8 Å². The lowest BCUT2D eigenvalue weighted by molar-refractivity contribution is 0.175. The second kappa shape index (κ2) is 6.49. The first-order valence-electron chi connectivity index (χ1n) is 7.77. The highest BCUT2D eigenvalue weighted by atomic mass is 16.5. The van der Waals surface area contributed by atoms with Gasteiger partial charge in [-0.15, -0.1) is 0 Å². The van der Waals surface area contributed by atoms with E-state index in [0.717, 1.165) is 18.9 Å². The third kappa shape index (κ3) is 3.42. The molecule has 0 radical (unpaired) electrons. The Kier molecular flexibility index (Phi) is 4.42. The van der Waals surface area contributed by atoms with Gasteiger partial charge in [-0.1, -0.05) is 5.16 Å². The maximum absolute atomic E-state index is 5.79. The Bertz CT molecular complexity index is 659. The molecule has 23 heavy (non-hydrogen) atoms. The van der Waals surface area contributed by atoms with Crippen LogP contribution in [0.1, 0.15) is 31.6 Å². The van der Waals surface area contributed by atoms with Crippen molar-refractivity contribution in [2.75, 3.05) is 31.6 Å². The molecule has 1 aliphatic heterocycles. The van der Waals surface area contributed by atoms with Crippen LogP contribution in [0.3, 0.4) is 0 Å². The van der Waals surface area contributed by atoms with E-state index in [1.165, 1.54) is 0 Å². The monoisotopic (exact) mass is 318 g/mol. The van der Waals surface area contributed by atoms with Crippen LogP contribution < -0.4 is 9.64 Å². The van der Waals surface area contributed by atoms with E-state index in [1.54, 1.807) is 12.4 Å². The number of rotatable bonds is 4. The molecule has 2 aromatic heterocycles. The van der Waals surface area contributed by atoms with Crippen LogP contribution in [0.25, 0.3) is 0 Å². The quantitative estimate of drug-likeness (QED) is 0.838. The van der Waals surface area contributed by atoms with E-state index in [4.69, 9.17) is 9.26 Å². The van der Waals surface area contributed by atoms with E-state index in [9.17, 15) is 0 Å². The molecule has 0 N–H and O–H groups in total. The third-order valence-corrected chi connectivity index (χ3v) is 3.77. The first kappa shape index (κ1) is 15.7. The van der Waals surface area contributed by atoms with Gasteiger partial charge in [-0.3, -0.25) is 4.90 Å². The first-order valence-corrected chi connectivity index (χ1v) is 7.77. The molecule has 0 unspecified atom stereocenters. The molecule has 1 fully saturated rings. The van der Waals surface area contributed by atoms with Gasteiger partial charge in [0.25, 0.3) is 5.88 Å². The van der Waals surface area contributed by atoms with Crippen molar-refractivity contribution in [3.63, 3.8) is 0 Å². The molecule has 3 heterocycles. The van der Waals surface area contributed by atoms with Gasteiger partial charge in [0.1, 0.15) is 6.04 Å². The highest BCUT2D eigenvalue weighted by Gasteiger charge is 2.32. The molecule has 1 atom stereocenters. The van der Waals surface area contributed by atoms with E-state index in [-0.39, 0.29) is 12.1 Å². The fourth-order valence-corrected chi connectivity index (χ4v) is 2.62. The van der Waals surface area contributed by atoms with E-state index < -0.39 is 0 Å². The summed E-state index contributed by atoms with van der Waals surface area (Å²) in [5.41, 5.74) is 0. The zero-order valence-corrected chi connectivity index (χ0v) is 13.9. The molecule has 8 heteroatoms. The number of likely N-dealkylation sites (N-methyl/N-ethyl adjacent to an activating group) is 1. The zero-order valence-electron chi connectivity index (χ0n) is 13.9. The Hall–Kier alpha value is -2.22. The summed E-state index contributed by atoms with van der Waals surface area (Å²) in [4.78, 5) is 17.5.